The first-order valence-electron chi connectivity index (χ1n) is 9.77. The van der Waals surface area contributed by atoms with Gasteiger partial charge in [0.05, 0.1) is 0 Å². The molecule has 4 rings (SSSR count). The van der Waals surface area contributed by atoms with Crippen molar-refractivity contribution in [2.24, 2.45) is 0 Å². The Morgan fingerprint density at radius 2 is 2.15 bits per heavy atom. The fourth-order valence-electron chi connectivity index (χ4n) is 4.26. The van der Waals surface area contributed by atoms with Crippen molar-refractivity contribution in [1.29, 1.82) is 0 Å². The number of aromatic nitrogens is 2. The predicted octanol–water partition coefficient (Wildman–Crippen LogP) is 1.66. The molecule has 2 aliphatic rings. The third-order valence-electron chi connectivity index (χ3n) is 5.69. The molecule has 7 heteroatoms. The molecule has 1 aliphatic heterocycles. The van der Waals surface area contributed by atoms with Crippen LogP contribution in [0.15, 0.2) is 30.3 Å². The summed E-state index contributed by atoms with van der Waals surface area (Å²) in [4.78, 5) is 11.5. The molecule has 3 atom stereocenters. The Morgan fingerprint density at radius 3 is 2.89 bits per heavy atom. The number of benzene rings is 1. The van der Waals surface area contributed by atoms with Crippen LogP contribution >= 0.6 is 0 Å². The standard InChI is InChI=1S/C20H27N5O2/c1-2-25-18-9-8-14(10-16(18)19(24-25)20(26)27)21-12-15-11-17(23-22-15)13-6-4-3-5-7-13/h3-7,14-15,17,21-23H,2,8-12H2,1H3,(H,26,27). The number of fused-ring (bicyclic) bond motifs is 1. The molecule has 27 heavy (non-hydrogen) atoms. The summed E-state index contributed by atoms with van der Waals surface area (Å²) in [7, 11) is 0. The Morgan fingerprint density at radius 1 is 1.33 bits per heavy atom. The van der Waals surface area contributed by atoms with Gasteiger partial charge >= 0.3 is 5.97 Å². The number of hydrogen-bond donors (Lipinski definition) is 4. The Labute approximate surface area is 159 Å². The van der Waals surface area contributed by atoms with Gasteiger partial charge in [0.2, 0.25) is 0 Å². The van der Waals surface area contributed by atoms with Gasteiger partial charge in [0, 0.05) is 42.5 Å². The summed E-state index contributed by atoms with van der Waals surface area (Å²) in [6.45, 7) is 3.58. The molecule has 1 fully saturated rings. The van der Waals surface area contributed by atoms with Crippen molar-refractivity contribution in [3.63, 3.8) is 0 Å². The second-order valence-electron chi connectivity index (χ2n) is 7.43. The highest BCUT2D eigenvalue weighted by molar-refractivity contribution is 5.87. The minimum absolute atomic E-state index is 0.225. The average Bonchev–Trinajstić information content (AvgIpc) is 3.31. The zero-order chi connectivity index (χ0) is 18.8. The monoisotopic (exact) mass is 369 g/mol. The van der Waals surface area contributed by atoms with E-state index in [0.29, 0.717) is 24.7 Å². The van der Waals surface area contributed by atoms with E-state index in [-0.39, 0.29) is 5.69 Å². The number of carboxylic acid groups (broad SMARTS) is 1. The molecule has 1 aromatic heterocycles. The van der Waals surface area contributed by atoms with E-state index in [2.05, 4.69) is 45.5 Å². The number of hydrogen-bond acceptors (Lipinski definition) is 5. The van der Waals surface area contributed by atoms with Crippen LogP contribution < -0.4 is 16.2 Å². The van der Waals surface area contributed by atoms with Gasteiger partial charge in [-0.3, -0.25) is 10.1 Å². The van der Waals surface area contributed by atoms with Crippen molar-refractivity contribution in [3.8, 4) is 0 Å². The van der Waals surface area contributed by atoms with E-state index in [1.165, 1.54) is 5.56 Å². The maximum absolute atomic E-state index is 11.5. The minimum atomic E-state index is -0.925. The molecular formula is C20H27N5O2. The van der Waals surface area contributed by atoms with Gasteiger partial charge in [-0.1, -0.05) is 30.3 Å². The van der Waals surface area contributed by atoms with Gasteiger partial charge in [-0.25, -0.2) is 10.2 Å². The summed E-state index contributed by atoms with van der Waals surface area (Å²) in [5, 5.41) is 17.4. The average molecular weight is 369 g/mol. The van der Waals surface area contributed by atoms with Gasteiger partial charge < -0.3 is 10.4 Å². The molecule has 1 saturated heterocycles. The van der Waals surface area contributed by atoms with Crippen LogP contribution in [0, 0.1) is 0 Å². The second kappa shape index (κ2) is 7.80. The van der Waals surface area contributed by atoms with E-state index in [1.54, 1.807) is 0 Å². The Hall–Kier alpha value is -2.22. The number of nitrogens with one attached hydrogen (secondary N) is 3. The molecule has 3 unspecified atom stereocenters. The molecule has 0 bridgehead atoms. The molecule has 144 valence electrons. The topological polar surface area (TPSA) is 91.2 Å². The summed E-state index contributed by atoms with van der Waals surface area (Å²) in [6, 6.07) is 11.5. The lowest BCUT2D eigenvalue weighted by atomic mass is 9.91. The molecule has 0 spiro atoms. The van der Waals surface area contributed by atoms with Crippen LogP contribution in [-0.2, 0) is 19.4 Å². The number of carbonyl (C=O) groups is 1. The smallest absolute Gasteiger partial charge is 0.356 e. The number of hydrazine groups is 1. The maximum Gasteiger partial charge on any atom is 0.356 e. The third-order valence-corrected chi connectivity index (χ3v) is 5.69. The van der Waals surface area contributed by atoms with Crippen molar-refractivity contribution < 1.29 is 9.90 Å². The van der Waals surface area contributed by atoms with Crippen LogP contribution in [0.4, 0.5) is 0 Å². The van der Waals surface area contributed by atoms with Crippen molar-refractivity contribution >= 4 is 5.97 Å². The largest absolute Gasteiger partial charge is 0.476 e. The fourth-order valence-corrected chi connectivity index (χ4v) is 4.26. The highest BCUT2D eigenvalue weighted by atomic mass is 16.4. The Kier molecular flexibility index (Phi) is 5.24. The number of rotatable bonds is 6. The first-order valence-corrected chi connectivity index (χ1v) is 9.77. The van der Waals surface area contributed by atoms with E-state index in [4.69, 9.17) is 0 Å². The van der Waals surface area contributed by atoms with E-state index < -0.39 is 5.97 Å². The highest BCUT2D eigenvalue weighted by Crippen LogP contribution is 2.26. The molecule has 2 heterocycles. The predicted molar refractivity (Wildman–Crippen MR) is 103 cm³/mol. The Balaban J connectivity index is 1.34. The lowest BCUT2D eigenvalue weighted by Gasteiger charge is -2.25. The van der Waals surface area contributed by atoms with E-state index in [0.717, 1.165) is 43.5 Å². The summed E-state index contributed by atoms with van der Waals surface area (Å²) in [5.74, 6) is -0.925. The van der Waals surface area contributed by atoms with Gasteiger partial charge in [0.25, 0.3) is 0 Å². The van der Waals surface area contributed by atoms with Crippen molar-refractivity contribution in [3.05, 3.63) is 52.8 Å². The van der Waals surface area contributed by atoms with E-state index in [9.17, 15) is 9.90 Å². The van der Waals surface area contributed by atoms with Crippen molar-refractivity contribution in [1.82, 2.24) is 25.9 Å². The number of nitrogens with zero attached hydrogens (tertiary/aromatic N) is 2. The molecular weight excluding hydrogens is 342 g/mol. The van der Waals surface area contributed by atoms with Crippen LogP contribution in [0.1, 0.15) is 53.1 Å². The van der Waals surface area contributed by atoms with Crippen molar-refractivity contribution in [2.75, 3.05) is 6.54 Å². The zero-order valence-electron chi connectivity index (χ0n) is 15.6. The minimum Gasteiger partial charge on any atom is -0.476 e. The van der Waals surface area contributed by atoms with Gasteiger partial charge in [-0.2, -0.15) is 5.10 Å². The maximum atomic E-state index is 11.5. The molecule has 0 saturated carbocycles. The first kappa shape index (κ1) is 18.2. The van der Waals surface area contributed by atoms with Gasteiger partial charge in [-0.05, 0) is 38.2 Å². The molecule has 1 aromatic carbocycles. The lowest BCUT2D eigenvalue weighted by Crippen LogP contribution is -2.43. The second-order valence-corrected chi connectivity index (χ2v) is 7.43. The van der Waals surface area contributed by atoms with Gasteiger partial charge in [-0.15, -0.1) is 0 Å². The van der Waals surface area contributed by atoms with Crippen LogP contribution in [0.2, 0.25) is 0 Å². The number of carboxylic acids is 1. The molecule has 2 aromatic rings. The van der Waals surface area contributed by atoms with Gasteiger partial charge in [0.15, 0.2) is 5.69 Å². The zero-order valence-corrected chi connectivity index (χ0v) is 15.6. The normalized spacial score (nSPS) is 24.7. The van der Waals surface area contributed by atoms with Crippen LogP contribution in [-0.4, -0.2) is 39.5 Å². The summed E-state index contributed by atoms with van der Waals surface area (Å²) in [6.07, 6.45) is 3.66. The van der Waals surface area contributed by atoms with Crippen LogP contribution in [0.3, 0.4) is 0 Å². The number of aryl methyl sites for hydroxylation is 1. The molecule has 7 nitrogen and oxygen atoms in total. The lowest BCUT2D eigenvalue weighted by molar-refractivity contribution is 0.0688. The van der Waals surface area contributed by atoms with E-state index >= 15 is 0 Å². The fraction of sp³-hybridized carbons (Fsp3) is 0.500. The van der Waals surface area contributed by atoms with Crippen LogP contribution in [0.25, 0.3) is 0 Å². The van der Waals surface area contributed by atoms with Crippen LogP contribution in [0.5, 0.6) is 0 Å². The highest BCUT2D eigenvalue weighted by Gasteiger charge is 2.30. The quantitative estimate of drug-likeness (QED) is 0.619. The molecule has 0 radical (unpaired) electrons. The van der Waals surface area contributed by atoms with Crippen molar-refractivity contribution in [2.45, 2.75) is 57.3 Å². The molecule has 1 aliphatic carbocycles. The first-order chi connectivity index (χ1) is 13.2. The van der Waals surface area contributed by atoms with E-state index in [1.807, 2.05) is 17.7 Å². The molecule has 4 N–H and O–H groups in total. The Bertz CT molecular complexity index is 804. The summed E-state index contributed by atoms with van der Waals surface area (Å²) >= 11 is 0. The SMILES string of the molecule is CCn1nc(C(=O)O)c2c1CCC(NCC1CC(c3ccccc3)NN1)C2. The summed E-state index contributed by atoms with van der Waals surface area (Å²) in [5.41, 5.74) is 10.3. The number of aromatic carboxylic acids is 1. The summed E-state index contributed by atoms with van der Waals surface area (Å²) < 4.78 is 1.85. The van der Waals surface area contributed by atoms with Gasteiger partial charge in [0.1, 0.15) is 0 Å². The molecule has 0 amide bonds. The third kappa shape index (κ3) is 3.76.